The summed E-state index contributed by atoms with van der Waals surface area (Å²) in [6, 6.07) is 17.0. The molecule has 0 fully saturated rings. The first-order valence-electron chi connectivity index (χ1n) is 7.37. The lowest BCUT2D eigenvalue weighted by molar-refractivity contribution is -0.120. The van der Waals surface area contributed by atoms with Gasteiger partial charge in [0.2, 0.25) is 5.91 Å². The molecule has 2 aromatic carbocycles. The van der Waals surface area contributed by atoms with Crippen molar-refractivity contribution in [3.8, 4) is 11.5 Å². The van der Waals surface area contributed by atoms with Crippen molar-refractivity contribution in [3.05, 3.63) is 54.6 Å². The summed E-state index contributed by atoms with van der Waals surface area (Å²) in [5.74, 6) is 1.49. The highest BCUT2D eigenvalue weighted by atomic mass is 16.5. The van der Waals surface area contributed by atoms with Crippen molar-refractivity contribution in [2.45, 2.75) is 26.7 Å². The minimum absolute atomic E-state index is 0.0368. The van der Waals surface area contributed by atoms with Crippen LogP contribution in [-0.2, 0) is 4.79 Å². The van der Waals surface area contributed by atoms with Gasteiger partial charge in [-0.3, -0.25) is 4.79 Å². The fraction of sp³-hybridized carbons (Fsp3) is 0.278. The van der Waals surface area contributed by atoms with E-state index in [0.29, 0.717) is 11.4 Å². The zero-order chi connectivity index (χ0) is 15.1. The van der Waals surface area contributed by atoms with Crippen LogP contribution >= 0.6 is 0 Å². The molecule has 0 aliphatic carbocycles. The summed E-state index contributed by atoms with van der Waals surface area (Å²) in [5.41, 5.74) is 0.707. The molecule has 0 heterocycles. The predicted octanol–water partition coefficient (Wildman–Crippen LogP) is 4.85. The molecule has 1 amide bonds. The number of benzene rings is 2. The molecular formula is C18H21NO2. The Balaban J connectivity index is 2.15. The number of ether oxygens (including phenoxy) is 1. The van der Waals surface area contributed by atoms with Crippen molar-refractivity contribution in [2.24, 2.45) is 5.92 Å². The van der Waals surface area contributed by atoms with E-state index in [1.54, 1.807) is 0 Å². The number of hydrogen-bond donors (Lipinski definition) is 1. The maximum absolute atomic E-state index is 12.2. The SMILES string of the molecule is CCC(CC)C(=O)Nc1ccccc1Oc1ccccc1. The molecule has 110 valence electrons. The van der Waals surface area contributed by atoms with Gasteiger partial charge in [0.25, 0.3) is 0 Å². The Bertz CT molecular complexity index is 577. The molecule has 0 spiro atoms. The maximum atomic E-state index is 12.2. The van der Waals surface area contributed by atoms with E-state index in [0.717, 1.165) is 18.6 Å². The van der Waals surface area contributed by atoms with Crippen LogP contribution in [0.4, 0.5) is 5.69 Å². The van der Waals surface area contributed by atoms with Crippen LogP contribution < -0.4 is 10.1 Å². The molecular weight excluding hydrogens is 262 g/mol. The number of carbonyl (C=O) groups excluding carboxylic acids is 1. The first kappa shape index (κ1) is 15.1. The Hall–Kier alpha value is -2.29. The second-order valence-electron chi connectivity index (χ2n) is 4.91. The van der Waals surface area contributed by atoms with Gasteiger partial charge in [-0.05, 0) is 37.1 Å². The Morgan fingerprint density at radius 3 is 2.29 bits per heavy atom. The summed E-state index contributed by atoms with van der Waals surface area (Å²) in [7, 11) is 0. The smallest absolute Gasteiger partial charge is 0.227 e. The van der Waals surface area contributed by atoms with Crippen LogP contribution in [0.5, 0.6) is 11.5 Å². The van der Waals surface area contributed by atoms with Gasteiger partial charge in [0, 0.05) is 5.92 Å². The van der Waals surface area contributed by atoms with Crippen molar-refractivity contribution in [1.82, 2.24) is 0 Å². The molecule has 0 atom stereocenters. The molecule has 2 rings (SSSR count). The van der Waals surface area contributed by atoms with Crippen LogP contribution in [0.15, 0.2) is 54.6 Å². The van der Waals surface area contributed by atoms with Crippen LogP contribution in [0.25, 0.3) is 0 Å². The quantitative estimate of drug-likeness (QED) is 0.822. The van der Waals surface area contributed by atoms with E-state index in [9.17, 15) is 4.79 Å². The van der Waals surface area contributed by atoms with Crippen LogP contribution in [0, 0.1) is 5.92 Å². The standard InChI is InChI=1S/C18H21NO2/c1-3-14(4-2)18(20)19-16-12-8-9-13-17(16)21-15-10-6-5-7-11-15/h5-14H,3-4H2,1-2H3,(H,19,20). The van der Waals surface area contributed by atoms with Crippen molar-refractivity contribution in [1.29, 1.82) is 0 Å². The molecule has 0 unspecified atom stereocenters. The molecule has 3 heteroatoms. The summed E-state index contributed by atoms with van der Waals surface area (Å²) < 4.78 is 5.84. The second kappa shape index (κ2) is 7.48. The topological polar surface area (TPSA) is 38.3 Å². The third kappa shape index (κ3) is 4.09. The molecule has 0 saturated heterocycles. The van der Waals surface area contributed by atoms with Crippen molar-refractivity contribution in [2.75, 3.05) is 5.32 Å². The lowest BCUT2D eigenvalue weighted by atomic mass is 10.0. The first-order valence-corrected chi connectivity index (χ1v) is 7.37. The minimum atomic E-state index is 0.0368. The van der Waals surface area contributed by atoms with E-state index in [-0.39, 0.29) is 11.8 Å². The summed E-state index contributed by atoms with van der Waals surface area (Å²) in [6.45, 7) is 4.06. The van der Waals surface area contributed by atoms with Gasteiger partial charge in [0.05, 0.1) is 5.69 Å². The summed E-state index contributed by atoms with van der Waals surface area (Å²) in [4.78, 5) is 12.2. The fourth-order valence-electron chi connectivity index (χ4n) is 2.17. The largest absolute Gasteiger partial charge is 0.455 e. The van der Waals surface area contributed by atoms with Gasteiger partial charge in [-0.1, -0.05) is 44.2 Å². The normalized spacial score (nSPS) is 10.4. The lowest BCUT2D eigenvalue weighted by Crippen LogP contribution is -2.21. The molecule has 1 N–H and O–H groups in total. The van der Waals surface area contributed by atoms with Crippen LogP contribution in [0.1, 0.15) is 26.7 Å². The van der Waals surface area contributed by atoms with Gasteiger partial charge >= 0.3 is 0 Å². The monoisotopic (exact) mass is 283 g/mol. The molecule has 2 aromatic rings. The highest BCUT2D eigenvalue weighted by Crippen LogP contribution is 2.29. The third-order valence-corrected chi connectivity index (χ3v) is 3.47. The molecule has 0 bridgehead atoms. The Kier molecular flexibility index (Phi) is 5.38. The van der Waals surface area contributed by atoms with E-state index in [4.69, 9.17) is 4.74 Å². The zero-order valence-electron chi connectivity index (χ0n) is 12.5. The van der Waals surface area contributed by atoms with Crippen LogP contribution in [-0.4, -0.2) is 5.91 Å². The number of rotatable bonds is 6. The highest BCUT2D eigenvalue weighted by Gasteiger charge is 2.16. The Morgan fingerprint density at radius 2 is 1.62 bits per heavy atom. The Labute approximate surface area is 126 Å². The van der Waals surface area contributed by atoms with E-state index in [1.165, 1.54) is 0 Å². The van der Waals surface area contributed by atoms with Gasteiger partial charge in [0.15, 0.2) is 5.75 Å². The number of para-hydroxylation sites is 3. The van der Waals surface area contributed by atoms with Gasteiger partial charge < -0.3 is 10.1 Å². The van der Waals surface area contributed by atoms with Crippen molar-refractivity contribution >= 4 is 11.6 Å². The number of amides is 1. The Morgan fingerprint density at radius 1 is 1.00 bits per heavy atom. The second-order valence-corrected chi connectivity index (χ2v) is 4.91. The summed E-state index contributed by atoms with van der Waals surface area (Å²) in [6.07, 6.45) is 1.67. The third-order valence-electron chi connectivity index (χ3n) is 3.47. The minimum Gasteiger partial charge on any atom is -0.455 e. The number of carbonyl (C=O) groups is 1. The van der Waals surface area contributed by atoms with E-state index < -0.39 is 0 Å². The van der Waals surface area contributed by atoms with E-state index in [1.807, 2.05) is 68.4 Å². The first-order chi connectivity index (χ1) is 10.2. The summed E-state index contributed by atoms with van der Waals surface area (Å²) >= 11 is 0. The summed E-state index contributed by atoms with van der Waals surface area (Å²) in [5, 5.41) is 2.97. The lowest BCUT2D eigenvalue weighted by Gasteiger charge is -2.15. The number of hydrogen-bond acceptors (Lipinski definition) is 2. The number of anilines is 1. The number of nitrogens with one attached hydrogen (secondary N) is 1. The highest BCUT2D eigenvalue weighted by molar-refractivity contribution is 5.93. The van der Waals surface area contributed by atoms with E-state index >= 15 is 0 Å². The zero-order valence-corrected chi connectivity index (χ0v) is 12.5. The van der Waals surface area contributed by atoms with Crippen LogP contribution in [0.2, 0.25) is 0 Å². The van der Waals surface area contributed by atoms with E-state index in [2.05, 4.69) is 5.32 Å². The maximum Gasteiger partial charge on any atom is 0.227 e. The van der Waals surface area contributed by atoms with Crippen molar-refractivity contribution in [3.63, 3.8) is 0 Å². The molecule has 21 heavy (non-hydrogen) atoms. The fourth-order valence-corrected chi connectivity index (χ4v) is 2.17. The van der Waals surface area contributed by atoms with Crippen LogP contribution in [0.3, 0.4) is 0 Å². The van der Waals surface area contributed by atoms with Gasteiger partial charge in [-0.15, -0.1) is 0 Å². The molecule has 0 aliphatic heterocycles. The van der Waals surface area contributed by atoms with Gasteiger partial charge in [-0.2, -0.15) is 0 Å². The molecule has 3 nitrogen and oxygen atoms in total. The molecule has 0 radical (unpaired) electrons. The predicted molar refractivity (Wildman–Crippen MR) is 85.7 cm³/mol. The average molecular weight is 283 g/mol. The molecule has 0 aromatic heterocycles. The van der Waals surface area contributed by atoms with Gasteiger partial charge in [-0.25, -0.2) is 0 Å². The molecule has 0 saturated carbocycles. The van der Waals surface area contributed by atoms with Gasteiger partial charge in [0.1, 0.15) is 5.75 Å². The average Bonchev–Trinajstić information content (AvgIpc) is 2.51. The van der Waals surface area contributed by atoms with Crippen molar-refractivity contribution < 1.29 is 9.53 Å². The molecule has 0 aliphatic rings.